The minimum Gasteiger partial charge on any atom is -0.362 e. The van der Waals surface area contributed by atoms with Crippen LogP contribution in [0.5, 0.6) is 0 Å². The Morgan fingerprint density at radius 1 is 1.23 bits per heavy atom. The number of nitrogens with one attached hydrogen (secondary N) is 2. The van der Waals surface area contributed by atoms with Gasteiger partial charge in [-0.05, 0) is 43.2 Å². The lowest BCUT2D eigenvalue weighted by molar-refractivity contribution is -0.115. The van der Waals surface area contributed by atoms with Crippen LogP contribution in [-0.4, -0.2) is 30.6 Å². The van der Waals surface area contributed by atoms with Gasteiger partial charge in [-0.3, -0.25) is 14.5 Å². The van der Waals surface area contributed by atoms with Crippen molar-refractivity contribution in [2.45, 2.75) is 32.9 Å². The Morgan fingerprint density at radius 3 is 2.90 bits per heavy atom. The third kappa shape index (κ3) is 5.00. The van der Waals surface area contributed by atoms with Gasteiger partial charge >= 0.3 is 0 Å². The predicted molar refractivity (Wildman–Crippen MR) is 116 cm³/mol. The first-order chi connectivity index (χ1) is 15.0. The Balaban J connectivity index is 1.42. The molecule has 0 fully saturated rings. The highest BCUT2D eigenvalue weighted by molar-refractivity contribution is 5.92. The molecule has 0 saturated heterocycles. The van der Waals surface area contributed by atoms with Crippen LogP contribution >= 0.6 is 0 Å². The molecule has 1 aromatic carbocycles. The molecule has 31 heavy (non-hydrogen) atoms. The summed E-state index contributed by atoms with van der Waals surface area (Å²) in [5.74, 6) is -0.0858. The molecule has 9 heteroatoms. The van der Waals surface area contributed by atoms with Gasteiger partial charge in [0.2, 0.25) is 11.6 Å². The quantitative estimate of drug-likeness (QED) is 0.474. The van der Waals surface area contributed by atoms with Crippen LogP contribution in [-0.2, 0) is 17.8 Å². The van der Waals surface area contributed by atoms with Crippen LogP contribution in [0.25, 0.3) is 11.2 Å². The van der Waals surface area contributed by atoms with Crippen molar-refractivity contribution < 1.29 is 9.18 Å². The van der Waals surface area contributed by atoms with Crippen molar-refractivity contribution in [3.05, 3.63) is 72.1 Å². The molecule has 0 radical (unpaired) electrons. The number of nitrogens with zero attached hydrogens (tertiary/aromatic N) is 5. The average molecular weight is 419 g/mol. The van der Waals surface area contributed by atoms with E-state index in [2.05, 4.69) is 30.7 Å². The zero-order chi connectivity index (χ0) is 21.8. The molecule has 1 atom stereocenters. The van der Waals surface area contributed by atoms with Crippen LogP contribution in [0.3, 0.4) is 0 Å². The first kappa shape index (κ1) is 20.4. The van der Waals surface area contributed by atoms with Gasteiger partial charge in [0.15, 0.2) is 0 Å². The maximum absolute atomic E-state index is 13.3. The number of carbonyl (C=O) groups excluding carboxylic acids is 1. The Kier molecular flexibility index (Phi) is 5.83. The van der Waals surface area contributed by atoms with Crippen molar-refractivity contribution in [3.8, 4) is 0 Å². The molecule has 0 saturated carbocycles. The van der Waals surface area contributed by atoms with Crippen LogP contribution in [0.4, 0.5) is 15.9 Å². The number of halogens is 1. The highest BCUT2D eigenvalue weighted by atomic mass is 19.1. The lowest BCUT2D eigenvalue weighted by Gasteiger charge is -2.16. The van der Waals surface area contributed by atoms with Gasteiger partial charge in [-0.25, -0.2) is 14.4 Å². The van der Waals surface area contributed by atoms with Gasteiger partial charge in [-0.2, -0.15) is 5.10 Å². The number of anilines is 2. The molecule has 0 aliphatic carbocycles. The van der Waals surface area contributed by atoms with E-state index >= 15 is 0 Å². The molecule has 3 aromatic heterocycles. The van der Waals surface area contributed by atoms with Crippen molar-refractivity contribution in [2.75, 3.05) is 10.6 Å². The average Bonchev–Trinajstić information content (AvgIpc) is 3.16. The summed E-state index contributed by atoms with van der Waals surface area (Å²) in [5, 5.41) is 10.5. The fraction of sp³-hybridized carbons (Fsp3) is 0.227. The van der Waals surface area contributed by atoms with Gasteiger partial charge in [0, 0.05) is 18.4 Å². The summed E-state index contributed by atoms with van der Waals surface area (Å²) in [6, 6.07) is 8.74. The van der Waals surface area contributed by atoms with Crippen molar-refractivity contribution in [2.24, 2.45) is 0 Å². The normalized spacial score (nSPS) is 12.0. The smallest absolute Gasteiger partial charge is 0.228 e. The summed E-state index contributed by atoms with van der Waals surface area (Å²) in [5.41, 5.74) is 3.48. The topological polar surface area (TPSA) is 97.6 Å². The van der Waals surface area contributed by atoms with Crippen molar-refractivity contribution >= 4 is 28.6 Å². The van der Waals surface area contributed by atoms with E-state index in [0.717, 1.165) is 23.8 Å². The summed E-state index contributed by atoms with van der Waals surface area (Å²) in [6.07, 6.45) is 6.17. The van der Waals surface area contributed by atoms with Gasteiger partial charge in [0.05, 0.1) is 31.1 Å². The molecular formula is C22H22FN7O. The van der Waals surface area contributed by atoms with Gasteiger partial charge in [-0.1, -0.05) is 12.1 Å². The summed E-state index contributed by atoms with van der Waals surface area (Å²) in [4.78, 5) is 25.0. The minimum absolute atomic E-state index is 0.0444. The maximum Gasteiger partial charge on any atom is 0.228 e. The third-order valence-electron chi connectivity index (χ3n) is 4.76. The number of amides is 1. The fourth-order valence-corrected chi connectivity index (χ4v) is 3.21. The Morgan fingerprint density at radius 2 is 2.10 bits per heavy atom. The van der Waals surface area contributed by atoms with Crippen LogP contribution in [0, 0.1) is 5.82 Å². The van der Waals surface area contributed by atoms with E-state index in [1.165, 1.54) is 12.3 Å². The SMILES string of the molecule is CCn1cc2ncc(N[C@@H](C)c3cccc(NC(=O)Cc4cncc(F)c4)c3)nc2n1. The second kappa shape index (κ2) is 8.86. The van der Waals surface area contributed by atoms with Gasteiger partial charge in [-0.15, -0.1) is 0 Å². The third-order valence-corrected chi connectivity index (χ3v) is 4.76. The maximum atomic E-state index is 13.3. The predicted octanol–water partition coefficient (Wildman–Crippen LogP) is 3.73. The van der Waals surface area contributed by atoms with E-state index in [1.807, 2.05) is 38.2 Å². The fourth-order valence-electron chi connectivity index (χ4n) is 3.21. The molecule has 158 valence electrons. The van der Waals surface area contributed by atoms with Crippen molar-refractivity contribution in [1.29, 1.82) is 0 Å². The second-order valence-electron chi connectivity index (χ2n) is 7.18. The molecule has 0 spiro atoms. The number of fused-ring (bicyclic) bond motifs is 1. The van der Waals surface area contributed by atoms with Crippen molar-refractivity contribution in [3.63, 3.8) is 0 Å². The number of aromatic nitrogens is 5. The standard InChI is InChI=1S/C22H22FN7O/c1-3-30-13-19-22(29-30)28-20(12-25-19)26-14(2)16-5-4-6-18(9-16)27-21(31)8-15-7-17(23)11-24-10-15/h4-7,9-14H,3,8H2,1-2H3,(H,27,31)(H,26,28,29)/t14-/m0/s1. The largest absolute Gasteiger partial charge is 0.362 e. The summed E-state index contributed by atoms with van der Waals surface area (Å²) >= 11 is 0. The first-order valence-electron chi connectivity index (χ1n) is 9.96. The molecule has 8 nitrogen and oxygen atoms in total. The highest BCUT2D eigenvalue weighted by Crippen LogP contribution is 2.22. The molecule has 4 aromatic rings. The lowest BCUT2D eigenvalue weighted by atomic mass is 10.1. The molecule has 3 heterocycles. The van der Waals surface area contributed by atoms with E-state index in [9.17, 15) is 9.18 Å². The van der Waals surface area contributed by atoms with E-state index in [-0.39, 0.29) is 18.4 Å². The second-order valence-corrected chi connectivity index (χ2v) is 7.18. The molecule has 4 rings (SSSR count). The summed E-state index contributed by atoms with van der Waals surface area (Å²) < 4.78 is 15.1. The molecule has 0 unspecified atom stereocenters. The minimum atomic E-state index is -0.463. The van der Waals surface area contributed by atoms with Gasteiger partial charge < -0.3 is 10.6 Å². The molecule has 2 N–H and O–H groups in total. The number of rotatable bonds is 7. The molecule has 0 aliphatic rings. The number of hydrogen-bond acceptors (Lipinski definition) is 6. The molecule has 0 bridgehead atoms. The van der Waals surface area contributed by atoms with Crippen LogP contribution < -0.4 is 10.6 Å². The van der Waals surface area contributed by atoms with E-state index in [1.54, 1.807) is 16.9 Å². The van der Waals surface area contributed by atoms with E-state index in [4.69, 9.17) is 0 Å². The Bertz CT molecular complexity index is 1220. The van der Waals surface area contributed by atoms with Gasteiger partial charge in [0.25, 0.3) is 0 Å². The van der Waals surface area contributed by atoms with E-state index < -0.39 is 5.82 Å². The summed E-state index contributed by atoms with van der Waals surface area (Å²) in [6.45, 7) is 4.76. The number of aryl methyl sites for hydroxylation is 1. The van der Waals surface area contributed by atoms with Crippen molar-refractivity contribution in [1.82, 2.24) is 24.7 Å². The van der Waals surface area contributed by atoms with Crippen LogP contribution in [0.2, 0.25) is 0 Å². The van der Waals surface area contributed by atoms with Crippen LogP contribution in [0.15, 0.2) is 55.1 Å². The Hall–Kier alpha value is -3.88. The lowest BCUT2D eigenvalue weighted by Crippen LogP contribution is -2.15. The van der Waals surface area contributed by atoms with Crippen LogP contribution in [0.1, 0.15) is 31.0 Å². The number of hydrogen-bond donors (Lipinski definition) is 2. The first-order valence-corrected chi connectivity index (χ1v) is 9.96. The number of carbonyl (C=O) groups is 1. The van der Waals surface area contributed by atoms with E-state index in [0.29, 0.717) is 22.7 Å². The highest BCUT2D eigenvalue weighted by Gasteiger charge is 2.11. The molecular weight excluding hydrogens is 397 g/mol. The zero-order valence-electron chi connectivity index (χ0n) is 17.2. The monoisotopic (exact) mass is 419 g/mol. The van der Waals surface area contributed by atoms with Gasteiger partial charge in [0.1, 0.15) is 17.2 Å². The molecule has 0 aliphatic heterocycles. The summed E-state index contributed by atoms with van der Waals surface area (Å²) in [7, 11) is 0. The molecule has 1 amide bonds. The number of benzene rings is 1. The zero-order valence-corrected chi connectivity index (χ0v) is 17.2. The number of pyridine rings is 1. The Labute approximate surface area is 178 Å².